The Morgan fingerprint density at radius 3 is 2.67 bits per heavy atom. The average molecular weight is 291 g/mol. The topological polar surface area (TPSA) is 75.4 Å². The molecule has 1 aromatic rings. The normalized spacial score (nSPS) is 26.4. The summed E-state index contributed by atoms with van der Waals surface area (Å²) >= 11 is 0. The molecule has 3 rings (SSSR count). The highest BCUT2D eigenvalue weighted by Crippen LogP contribution is 2.42. The zero-order valence-electron chi connectivity index (χ0n) is 12.4. The van der Waals surface area contributed by atoms with E-state index < -0.39 is 17.9 Å². The predicted molar refractivity (Wildman–Crippen MR) is 75.6 cm³/mol. The van der Waals surface area contributed by atoms with Gasteiger partial charge in [-0.15, -0.1) is 0 Å². The number of carboxylic acids is 1. The Labute approximate surface area is 123 Å². The van der Waals surface area contributed by atoms with Crippen molar-refractivity contribution in [3.63, 3.8) is 0 Å². The Bertz CT molecular complexity index is 562. The van der Waals surface area contributed by atoms with Crippen LogP contribution in [-0.4, -0.2) is 37.5 Å². The van der Waals surface area contributed by atoms with Gasteiger partial charge in [-0.05, 0) is 33.1 Å². The third-order valence-corrected chi connectivity index (χ3v) is 4.45. The molecule has 21 heavy (non-hydrogen) atoms. The van der Waals surface area contributed by atoms with Crippen LogP contribution in [0.3, 0.4) is 0 Å². The second-order valence-corrected chi connectivity index (χ2v) is 6.28. The van der Waals surface area contributed by atoms with Crippen molar-refractivity contribution in [1.29, 1.82) is 0 Å². The lowest BCUT2D eigenvalue weighted by atomic mass is 9.86. The number of carbonyl (C=O) groups is 2. The SMILES string of the molecule is CC(C)N1C(=O)CCC(C(=O)O)C1c1cncn1C1CC1. The summed E-state index contributed by atoms with van der Waals surface area (Å²) in [5, 5.41) is 9.57. The van der Waals surface area contributed by atoms with Crippen LogP contribution in [0.25, 0.3) is 0 Å². The van der Waals surface area contributed by atoms with Gasteiger partial charge in [-0.3, -0.25) is 9.59 Å². The van der Waals surface area contributed by atoms with Crippen LogP contribution in [0.15, 0.2) is 12.5 Å². The maximum atomic E-state index is 12.3. The quantitative estimate of drug-likeness (QED) is 0.920. The van der Waals surface area contributed by atoms with E-state index >= 15 is 0 Å². The van der Waals surface area contributed by atoms with Gasteiger partial charge in [0.2, 0.25) is 5.91 Å². The minimum absolute atomic E-state index is 0.0211. The fourth-order valence-corrected chi connectivity index (χ4v) is 3.33. The van der Waals surface area contributed by atoms with Gasteiger partial charge < -0.3 is 14.6 Å². The van der Waals surface area contributed by atoms with Crippen LogP contribution in [0.5, 0.6) is 0 Å². The van der Waals surface area contributed by atoms with Crippen LogP contribution in [0, 0.1) is 5.92 Å². The number of nitrogens with zero attached hydrogens (tertiary/aromatic N) is 3. The number of carbonyl (C=O) groups excluding carboxylic acids is 1. The summed E-state index contributed by atoms with van der Waals surface area (Å²) in [6.07, 6.45) is 6.41. The van der Waals surface area contributed by atoms with Crippen LogP contribution in [0.4, 0.5) is 0 Å². The molecule has 1 amide bonds. The van der Waals surface area contributed by atoms with E-state index in [2.05, 4.69) is 9.55 Å². The van der Waals surface area contributed by atoms with Crippen LogP contribution < -0.4 is 0 Å². The number of piperidine rings is 1. The summed E-state index contributed by atoms with van der Waals surface area (Å²) in [6.45, 7) is 3.87. The molecule has 2 unspecified atom stereocenters. The van der Waals surface area contributed by atoms with Crippen molar-refractivity contribution in [2.24, 2.45) is 5.92 Å². The van der Waals surface area contributed by atoms with Crippen molar-refractivity contribution in [2.45, 2.75) is 57.7 Å². The van der Waals surface area contributed by atoms with Crippen molar-refractivity contribution < 1.29 is 14.7 Å². The van der Waals surface area contributed by atoms with E-state index in [0.29, 0.717) is 18.9 Å². The van der Waals surface area contributed by atoms with Crippen molar-refractivity contribution in [1.82, 2.24) is 14.5 Å². The molecule has 2 fully saturated rings. The standard InChI is InChI=1S/C15H21N3O3/c1-9(2)18-13(19)6-5-11(15(20)21)14(18)12-7-16-8-17(12)10-3-4-10/h7-11,14H,3-6H2,1-2H3,(H,20,21). The summed E-state index contributed by atoms with van der Waals surface area (Å²) < 4.78 is 2.06. The summed E-state index contributed by atoms with van der Waals surface area (Å²) in [5.41, 5.74) is 0.867. The van der Waals surface area contributed by atoms with Gasteiger partial charge in [-0.2, -0.15) is 0 Å². The molecule has 2 heterocycles. The first-order chi connectivity index (χ1) is 10.0. The molecule has 0 radical (unpaired) electrons. The van der Waals surface area contributed by atoms with Gasteiger partial charge in [-0.1, -0.05) is 0 Å². The van der Waals surface area contributed by atoms with E-state index in [-0.39, 0.29) is 11.9 Å². The molecule has 1 aliphatic heterocycles. The molecule has 2 aliphatic rings. The van der Waals surface area contributed by atoms with Crippen LogP contribution >= 0.6 is 0 Å². The molecule has 114 valence electrons. The number of aromatic nitrogens is 2. The number of hydrogen-bond donors (Lipinski definition) is 1. The lowest BCUT2D eigenvalue weighted by molar-refractivity contribution is -0.153. The van der Waals surface area contributed by atoms with Crippen LogP contribution in [0.2, 0.25) is 0 Å². The summed E-state index contributed by atoms with van der Waals surface area (Å²) in [5.74, 6) is -1.35. The Kier molecular flexibility index (Phi) is 3.47. The second-order valence-electron chi connectivity index (χ2n) is 6.28. The number of amides is 1. The van der Waals surface area contributed by atoms with E-state index in [1.165, 1.54) is 0 Å². The van der Waals surface area contributed by atoms with Crippen molar-refractivity contribution in [3.05, 3.63) is 18.2 Å². The molecular formula is C15H21N3O3. The number of carboxylic acid groups (broad SMARTS) is 1. The minimum Gasteiger partial charge on any atom is -0.481 e. The molecule has 6 nitrogen and oxygen atoms in total. The third kappa shape index (κ3) is 2.43. The molecule has 0 aromatic carbocycles. The van der Waals surface area contributed by atoms with Gasteiger partial charge in [-0.25, -0.2) is 4.98 Å². The number of likely N-dealkylation sites (tertiary alicyclic amines) is 1. The number of aliphatic carboxylic acids is 1. The van der Waals surface area contributed by atoms with E-state index in [0.717, 1.165) is 18.5 Å². The summed E-state index contributed by atoms with van der Waals surface area (Å²) in [4.78, 5) is 29.9. The van der Waals surface area contributed by atoms with Crippen LogP contribution in [-0.2, 0) is 9.59 Å². The summed E-state index contributed by atoms with van der Waals surface area (Å²) in [6, 6.07) is -0.0120. The summed E-state index contributed by atoms with van der Waals surface area (Å²) in [7, 11) is 0. The van der Waals surface area contributed by atoms with E-state index in [1.807, 2.05) is 13.8 Å². The van der Waals surface area contributed by atoms with Gasteiger partial charge >= 0.3 is 5.97 Å². The monoisotopic (exact) mass is 291 g/mol. The van der Waals surface area contributed by atoms with Gasteiger partial charge in [0, 0.05) is 18.5 Å². The highest BCUT2D eigenvalue weighted by molar-refractivity contribution is 5.81. The van der Waals surface area contributed by atoms with Crippen molar-refractivity contribution in [2.75, 3.05) is 0 Å². The fraction of sp³-hybridized carbons (Fsp3) is 0.667. The van der Waals surface area contributed by atoms with E-state index in [1.54, 1.807) is 17.4 Å². The predicted octanol–water partition coefficient (Wildman–Crippen LogP) is 1.99. The van der Waals surface area contributed by atoms with Crippen molar-refractivity contribution in [3.8, 4) is 0 Å². The maximum absolute atomic E-state index is 12.3. The molecule has 1 aromatic heterocycles. The number of rotatable bonds is 4. The van der Waals surface area contributed by atoms with E-state index in [9.17, 15) is 14.7 Å². The molecule has 1 aliphatic carbocycles. The Hall–Kier alpha value is -1.85. The smallest absolute Gasteiger partial charge is 0.309 e. The third-order valence-electron chi connectivity index (χ3n) is 4.45. The molecule has 1 N–H and O–H groups in total. The zero-order valence-corrected chi connectivity index (χ0v) is 12.4. The lowest BCUT2D eigenvalue weighted by Gasteiger charge is -2.42. The molecule has 0 spiro atoms. The Balaban J connectivity index is 2.04. The van der Waals surface area contributed by atoms with Crippen LogP contribution in [0.1, 0.15) is 57.3 Å². The van der Waals surface area contributed by atoms with Crippen molar-refractivity contribution >= 4 is 11.9 Å². The molecular weight excluding hydrogens is 270 g/mol. The zero-order chi connectivity index (χ0) is 15.1. The Morgan fingerprint density at radius 2 is 2.10 bits per heavy atom. The van der Waals surface area contributed by atoms with Gasteiger partial charge in [0.25, 0.3) is 0 Å². The molecule has 6 heteroatoms. The first kappa shape index (κ1) is 14.1. The minimum atomic E-state index is -0.832. The first-order valence-electron chi connectivity index (χ1n) is 7.56. The van der Waals surface area contributed by atoms with Gasteiger partial charge in [0.1, 0.15) is 0 Å². The second kappa shape index (κ2) is 5.16. The average Bonchev–Trinajstić information content (AvgIpc) is 3.15. The number of hydrogen-bond acceptors (Lipinski definition) is 3. The lowest BCUT2D eigenvalue weighted by Crippen LogP contribution is -2.49. The fourth-order valence-electron chi connectivity index (χ4n) is 3.33. The largest absolute Gasteiger partial charge is 0.481 e. The van der Waals surface area contributed by atoms with Gasteiger partial charge in [0.05, 0.1) is 30.2 Å². The first-order valence-corrected chi connectivity index (χ1v) is 7.56. The van der Waals surface area contributed by atoms with Gasteiger partial charge in [0.15, 0.2) is 0 Å². The Morgan fingerprint density at radius 1 is 1.38 bits per heavy atom. The highest BCUT2D eigenvalue weighted by Gasteiger charge is 2.44. The molecule has 0 bridgehead atoms. The molecule has 1 saturated carbocycles. The molecule has 2 atom stereocenters. The number of imidazole rings is 1. The molecule has 1 saturated heterocycles. The maximum Gasteiger partial charge on any atom is 0.309 e. The van der Waals surface area contributed by atoms with E-state index in [4.69, 9.17) is 0 Å². The highest BCUT2D eigenvalue weighted by atomic mass is 16.4.